The maximum atomic E-state index is 11.1. The van der Waals surface area contributed by atoms with Crippen LogP contribution in [-0.2, 0) is 9.59 Å². The van der Waals surface area contributed by atoms with Gasteiger partial charge in [0.2, 0.25) is 0 Å². The van der Waals surface area contributed by atoms with Crippen molar-refractivity contribution in [1.82, 2.24) is 0 Å². The first-order valence-corrected chi connectivity index (χ1v) is 4.70. The number of hydrogen-bond donors (Lipinski definition) is 2. The number of rotatable bonds is 2. The van der Waals surface area contributed by atoms with Gasteiger partial charge in [-0.3, -0.25) is 9.59 Å². The van der Waals surface area contributed by atoms with E-state index in [1.807, 2.05) is 12.2 Å². The molecule has 70 valence electrons. The smallest absolute Gasteiger partial charge is 0.307 e. The molecule has 0 saturated heterocycles. The quantitative estimate of drug-likeness (QED) is 0.513. The van der Waals surface area contributed by atoms with Crippen molar-refractivity contribution in [2.75, 3.05) is 0 Å². The summed E-state index contributed by atoms with van der Waals surface area (Å²) in [7, 11) is 0. The van der Waals surface area contributed by atoms with Gasteiger partial charge in [0.1, 0.15) is 0 Å². The second-order valence-corrected chi connectivity index (χ2v) is 4.12. The van der Waals surface area contributed by atoms with Gasteiger partial charge in [-0.25, -0.2) is 0 Å². The molecule has 2 aliphatic rings. The van der Waals surface area contributed by atoms with Crippen LogP contribution in [0.2, 0.25) is 0 Å². The Morgan fingerprint density at radius 1 is 1.23 bits per heavy atom. The van der Waals surface area contributed by atoms with Crippen molar-refractivity contribution in [3.8, 4) is 0 Å². The maximum Gasteiger partial charge on any atom is 0.307 e. The molecule has 0 aliphatic heterocycles. The Kier molecular flexibility index (Phi) is 1.95. The molecule has 13 heavy (non-hydrogen) atoms. The number of carboxylic acids is 1. The Balaban J connectivity index is 2.30. The predicted octanol–water partition coefficient (Wildman–Crippen LogP) is 0.966. The molecule has 0 spiro atoms. The van der Waals surface area contributed by atoms with Gasteiger partial charge in [-0.1, -0.05) is 12.2 Å². The van der Waals surface area contributed by atoms with E-state index in [1.165, 1.54) is 0 Å². The van der Waals surface area contributed by atoms with Crippen molar-refractivity contribution >= 4 is 23.7 Å². The first kappa shape index (κ1) is 8.81. The molecule has 2 aliphatic carbocycles. The minimum Gasteiger partial charge on any atom is -0.481 e. The van der Waals surface area contributed by atoms with Crippen LogP contribution in [0.3, 0.4) is 0 Å². The van der Waals surface area contributed by atoms with Crippen LogP contribution in [0.15, 0.2) is 12.2 Å². The number of fused-ring (bicyclic) bond motifs is 2. The number of carbonyl (C=O) groups excluding carboxylic acids is 1. The molecule has 2 rings (SSSR count). The lowest BCUT2D eigenvalue weighted by Crippen LogP contribution is -2.30. The lowest BCUT2D eigenvalue weighted by Gasteiger charge is -2.21. The van der Waals surface area contributed by atoms with Gasteiger partial charge in [0.15, 0.2) is 5.12 Å². The second-order valence-electron chi connectivity index (χ2n) is 3.68. The Labute approximate surface area is 81.2 Å². The van der Waals surface area contributed by atoms with Crippen molar-refractivity contribution in [3.63, 3.8) is 0 Å². The van der Waals surface area contributed by atoms with Crippen LogP contribution in [0.25, 0.3) is 0 Å². The van der Waals surface area contributed by atoms with Gasteiger partial charge in [0.25, 0.3) is 0 Å². The number of carbonyl (C=O) groups is 2. The van der Waals surface area contributed by atoms with E-state index in [1.54, 1.807) is 0 Å². The van der Waals surface area contributed by atoms with Gasteiger partial charge in [0, 0.05) is 5.92 Å². The number of aliphatic carboxylic acids is 1. The molecule has 1 saturated carbocycles. The molecule has 1 fully saturated rings. The summed E-state index contributed by atoms with van der Waals surface area (Å²) < 4.78 is 0. The highest BCUT2D eigenvalue weighted by Gasteiger charge is 2.50. The summed E-state index contributed by atoms with van der Waals surface area (Å²) in [4.78, 5) is 22.0. The third-order valence-corrected chi connectivity index (χ3v) is 3.33. The summed E-state index contributed by atoms with van der Waals surface area (Å²) in [6, 6.07) is 0. The summed E-state index contributed by atoms with van der Waals surface area (Å²) in [5.74, 6) is -1.67. The zero-order chi connectivity index (χ0) is 9.59. The zero-order valence-electron chi connectivity index (χ0n) is 6.88. The first-order chi connectivity index (χ1) is 6.11. The third-order valence-electron chi connectivity index (χ3n) is 3.03. The zero-order valence-corrected chi connectivity index (χ0v) is 7.78. The third kappa shape index (κ3) is 1.20. The summed E-state index contributed by atoms with van der Waals surface area (Å²) in [5, 5.41) is 8.65. The van der Waals surface area contributed by atoms with E-state index >= 15 is 0 Å². The molecule has 0 aromatic rings. The lowest BCUT2D eigenvalue weighted by molar-refractivity contribution is -0.146. The second kappa shape index (κ2) is 2.87. The van der Waals surface area contributed by atoms with Gasteiger partial charge in [-0.2, -0.15) is 0 Å². The Bertz CT molecular complexity index is 269. The summed E-state index contributed by atoms with van der Waals surface area (Å²) in [5.41, 5.74) is 0. The highest BCUT2D eigenvalue weighted by molar-refractivity contribution is 7.96. The molecule has 0 radical (unpaired) electrons. The number of thiol groups is 1. The molecular formula is C9H10O3S. The van der Waals surface area contributed by atoms with E-state index in [2.05, 4.69) is 12.6 Å². The van der Waals surface area contributed by atoms with Crippen LogP contribution in [0, 0.1) is 23.7 Å². The standard InChI is InChI=1S/C9H10O3S/c10-8(11)6-4-1-2-5(3-4)7(6)9(12)13/h1-2,4-7H,3H2,(H,10,11)(H,12,13)/t4-,5+,6-,7+/m1/s1. The summed E-state index contributed by atoms with van der Waals surface area (Å²) >= 11 is 3.74. The van der Waals surface area contributed by atoms with Crippen LogP contribution in [0.1, 0.15) is 6.42 Å². The van der Waals surface area contributed by atoms with E-state index in [-0.39, 0.29) is 17.0 Å². The van der Waals surface area contributed by atoms with Crippen LogP contribution in [0.5, 0.6) is 0 Å². The van der Waals surface area contributed by atoms with E-state index in [0.717, 1.165) is 6.42 Å². The van der Waals surface area contributed by atoms with E-state index in [0.29, 0.717) is 0 Å². The molecule has 0 heterocycles. The normalized spacial score (nSPS) is 41.0. The van der Waals surface area contributed by atoms with Crippen LogP contribution >= 0.6 is 12.6 Å². The molecule has 0 unspecified atom stereocenters. The molecule has 0 aromatic carbocycles. The Hall–Kier alpha value is -0.770. The molecular weight excluding hydrogens is 188 g/mol. The van der Waals surface area contributed by atoms with Crippen molar-refractivity contribution in [2.45, 2.75) is 6.42 Å². The first-order valence-electron chi connectivity index (χ1n) is 4.25. The Morgan fingerprint density at radius 3 is 2.15 bits per heavy atom. The fourth-order valence-electron chi connectivity index (χ4n) is 2.50. The average Bonchev–Trinajstić information content (AvgIpc) is 2.60. The summed E-state index contributed by atoms with van der Waals surface area (Å²) in [6.45, 7) is 0. The topological polar surface area (TPSA) is 54.4 Å². The van der Waals surface area contributed by atoms with Crippen molar-refractivity contribution in [1.29, 1.82) is 0 Å². The number of carboxylic acid groups (broad SMARTS) is 1. The predicted molar refractivity (Wildman–Crippen MR) is 49.3 cm³/mol. The minimum absolute atomic E-state index is 0.0450. The van der Waals surface area contributed by atoms with Crippen molar-refractivity contribution in [2.24, 2.45) is 23.7 Å². The molecule has 4 heteroatoms. The molecule has 0 amide bonds. The SMILES string of the molecule is O=C(S)[C@@H]1[C@H](C(=O)O)[C@@H]2C=C[C@H]1C2. The fraction of sp³-hybridized carbons (Fsp3) is 0.556. The molecule has 4 atom stereocenters. The van der Waals surface area contributed by atoms with Gasteiger partial charge in [-0.15, -0.1) is 12.6 Å². The van der Waals surface area contributed by atoms with Crippen molar-refractivity contribution in [3.05, 3.63) is 12.2 Å². The van der Waals surface area contributed by atoms with Crippen molar-refractivity contribution < 1.29 is 14.7 Å². The minimum atomic E-state index is -0.871. The van der Waals surface area contributed by atoms with Gasteiger partial charge < -0.3 is 5.11 Å². The maximum absolute atomic E-state index is 11.1. The van der Waals surface area contributed by atoms with E-state index in [4.69, 9.17) is 5.11 Å². The molecule has 3 nitrogen and oxygen atoms in total. The largest absolute Gasteiger partial charge is 0.481 e. The summed E-state index contributed by atoms with van der Waals surface area (Å²) in [6.07, 6.45) is 4.66. The number of hydrogen-bond acceptors (Lipinski definition) is 2. The van der Waals surface area contributed by atoms with Crippen LogP contribution < -0.4 is 0 Å². The van der Waals surface area contributed by atoms with E-state index in [9.17, 15) is 9.59 Å². The Morgan fingerprint density at radius 2 is 1.77 bits per heavy atom. The average molecular weight is 198 g/mol. The monoisotopic (exact) mass is 198 g/mol. The van der Waals surface area contributed by atoms with Gasteiger partial charge in [-0.05, 0) is 18.3 Å². The highest BCUT2D eigenvalue weighted by Crippen LogP contribution is 2.48. The van der Waals surface area contributed by atoms with Crippen LogP contribution in [-0.4, -0.2) is 16.2 Å². The van der Waals surface area contributed by atoms with E-state index < -0.39 is 17.8 Å². The number of allylic oxidation sites excluding steroid dienone is 2. The van der Waals surface area contributed by atoms with Gasteiger partial charge >= 0.3 is 5.97 Å². The van der Waals surface area contributed by atoms with Gasteiger partial charge in [0.05, 0.1) is 5.92 Å². The van der Waals surface area contributed by atoms with Crippen LogP contribution in [0.4, 0.5) is 0 Å². The molecule has 1 N–H and O–H groups in total. The highest BCUT2D eigenvalue weighted by atomic mass is 32.1. The molecule has 0 aromatic heterocycles. The lowest BCUT2D eigenvalue weighted by atomic mass is 9.84. The fourth-order valence-corrected chi connectivity index (χ4v) is 2.85. The molecule has 2 bridgehead atoms.